The van der Waals surface area contributed by atoms with Gasteiger partial charge in [0, 0.05) is 30.1 Å². The van der Waals surface area contributed by atoms with E-state index in [-0.39, 0.29) is 12.3 Å². The van der Waals surface area contributed by atoms with Crippen LogP contribution >= 0.6 is 11.6 Å². The lowest BCUT2D eigenvalue weighted by Crippen LogP contribution is -2.26. The number of carbonyl (C=O) groups excluding carboxylic acids is 1. The maximum Gasteiger partial charge on any atom is 0.218 e. The van der Waals surface area contributed by atoms with Crippen molar-refractivity contribution in [3.63, 3.8) is 0 Å². The van der Waals surface area contributed by atoms with E-state index >= 15 is 0 Å². The van der Waals surface area contributed by atoms with E-state index < -0.39 is 6.10 Å². The van der Waals surface area contributed by atoms with Crippen molar-refractivity contribution in [2.45, 2.75) is 12.5 Å². The average molecular weight is 243 g/mol. The fraction of sp³-hybridized carbons (Fsp3) is 0.364. The summed E-state index contributed by atoms with van der Waals surface area (Å²) < 4.78 is 0. The highest BCUT2D eigenvalue weighted by atomic mass is 35.5. The molecule has 0 heterocycles. The molecule has 0 fully saturated rings. The predicted molar refractivity (Wildman–Crippen MR) is 63.1 cm³/mol. The zero-order valence-corrected chi connectivity index (χ0v) is 9.57. The smallest absolute Gasteiger partial charge is 0.218 e. The Kier molecular flexibility index (Phi) is 5.25. The molecule has 4 nitrogen and oxygen atoms in total. The molecule has 1 amide bonds. The van der Waals surface area contributed by atoms with Crippen LogP contribution in [0.15, 0.2) is 24.3 Å². The summed E-state index contributed by atoms with van der Waals surface area (Å²) in [5.74, 6) is -0.361. The first kappa shape index (κ1) is 13.0. The van der Waals surface area contributed by atoms with Crippen molar-refractivity contribution in [1.82, 2.24) is 5.32 Å². The van der Waals surface area contributed by atoms with Gasteiger partial charge in [-0.3, -0.25) is 4.79 Å². The summed E-state index contributed by atoms with van der Waals surface area (Å²) in [6.07, 6.45) is -0.420. The highest BCUT2D eigenvalue weighted by Gasteiger charge is 2.10. The number of amides is 1. The fourth-order valence-corrected chi connectivity index (χ4v) is 1.57. The van der Waals surface area contributed by atoms with Crippen molar-refractivity contribution in [3.8, 4) is 0 Å². The van der Waals surface area contributed by atoms with Gasteiger partial charge in [0.2, 0.25) is 5.91 Å². The van der Waals surface area contributed by atoms with E-state index in [9.17, 15) is 9.90 Å². The lowest BCUT2D eigenvalue weighted by atomic mass is 10.1. The number of aliphatic hydroxyl groups is 1. The summed E-state index contributed by atoms with van der Waals surface area (Å²) in [6, 6.07) is 7.11. The van der Waals surface area contributed by atoms with E-state index in [1.807, 2.05) is 6.07 Å². The largest absolute Gasteiger partial charge is 0.387 e. The van der Waals surface area contributed by atoms with Crippen LogP contribution < -0.4 is 11.1 Å². The van der Waals surface area contributed by atoms with Gasteiger partial charge in [-0.05, 0) is 6.07 Å². The first-order valence-electron chi connectivity index (χ1n) is 5.02. The van der Waals surface area contributed by atoms with Crippen molar-refractivity contribution >= 4 is 17.5 Å². The van der Waals surface area contributed by atoms with E-state index in [1.54, 1.807) is 18.2 Å². The van der Waals surface area contributed by atoms with E-state index in [0.717, 1.165) is 0 Å². The second-order valence-corrected chi connectivity index (χ2v) is 3.86. The molecule has 1 aromatic rings. The van der Waals surface area contributed by atoms with Crippen LogP contribution in [0.3, 0.4) is 0 Å². The number of aliphatic hydroxyl groups excluding tert-OH is 1. The lowest BCUT2D eigenvalue weighted by Gasteiger charge is -2.13. The highest BCUT2D eigenvalue weighted by Crippen LogP contribution is 2.21. The fourth-order valence-electron chi connectivity index (χ4n) is 1.31. The molecule has 1 atom stereocenters. The third-order valence-corrected chi connectivity index (χ3v) is 2.49. The molecule has 0 bridgehead atoms. The number of nitrogens with one attached hydrogen (secondary N) is 1. The Morgan fingerprint density at radius 3 is 2.81 bits per heavy atom. The van der Waals surface area contributed by atoms with Gasteiger partial charge < -0.3 is 16.2 Å². The lowest BCUT2D eigenvalue weighted by molar-refractivity contribution is -0.117. The van der Waals surface area contributed by atoms with E-state index in [1.165, 1.54) is 0 Å². The Hall–Kier alpha value is -1.10. The minimum absolute atomic E-state index is 0.259. The standard InChI is InChI=1S/C11H15ClN2O2/c12-9-4-2-1-3-8(9)10(15)7-14-6-5-11(13)16/h1-4,10,14-15H,5-7H2,(H2,13,16). The Labute approximate surface area is 99.4 Å². The summed E-state index contributed by atoms with van der Waals surface area (Å²) in [6.45, 7) is 0.799. The molecule has 0 saturated heterocycles. The Balaban J connectivity index is 2.38. The predicted octanol–water partition coefficient (Wildman–Crippen LogP) is 0.838. The first-order valence-corrected chi connectivity index (χ1v) is 5.40. The minimum Gasteiger partial charge on any atom is -0.387 e. The molecule has 1 rings (SSSR count). The van der Waals surface area contributed by atoms with Crippen LogP contribution in [0, 0.1) is 0 Å². The SMILES string of the molecule is NC(=O)CCNCC(O)c1ccccc1Cl. The zero-order chi connectivity index (χ0) is 12.0. The maximum atomic E-state index is 10.5. The normalized spacial score (nSPS) is 12.4. The summed E-state index contributed by atoms with van der Waals surface area (Å²) in [4.78, 5) is 10.5. The number of benzene rings is 1. The average Bonchev–Trinajstić information content (AvgIpc) is 2.24. The molecule has 4 N–H and O–H groups in total. The number of rotatable bonds is 6. The van der Waals surface area contributed by atoms with E-state index in [4.69, 9.17) is 17.3 Å². The van der Waals surface area contributed by atoms with Crippen molar-refractivity contribution < 1.29 is 9.90 Å². The van der Waals surface area contributed by atoms with Gasteiger partial charge in [-0.15, -0.1) is 0 Å². The number of nitrogens with two attached hydrogens (primary N) is 1. The van der Waals surface area contributed by atoms with Crippen LogP contribution in [0.5, 0.6) is 0 Å². The van der Waals surface area contributed by atoms with Crippen molar-refractivity contribution in [1.29, 1.82) is 0 Å². The van der Waals surface area contributed by atoms with Gasteiger partial charge >= 0.3 is 0 Å². The van der Waals surface area contributed by atoms with Gasteiger partial charge in [0.25, 0.3) is 0 Å². The Morgan fingerprint density at radius 2 is 2.19 bits per heavy atom. The molecule has 0 aliphatic rings. The van der Waals surface area contributed by atoms with Crippen LogP contribution in [0.25, 0.3) is 0 Å². The van der Waals surface area contributed by atoms with Crippen LogP contribution in [-0.4, -0.2) is 24.1 Å². The first-order chi connectivity index (χ1) is 7.61. The van der Waals surface area contributed by atoms with E-state index in [0.29, 0.717) is 23.7 Å². The molecule has 88 valence electrons. The number of hydrogen-bond acceptors (Lipinski definition) is 3. The van der Waals surface area contributed by atoms with Gasteiger partial charge in [-0.2, -0.15) is 0 Å². The summed E-state index contributed by atoms with van der Waals surface area (Å²) in [7, 11) is 0. The molecule has 16 heavy (non-hydrogen) atoms. The van der Waals surface area contributed by atoms with E-state index in [2.05, 4.69) is 5.32 Å². The number of halogens is 1. The second kappa shape index (κ2) is 6.48. The molecule has 0 aromatic heterocycles. The van der Waals surface area contributed by atoms with Crippen molar-refractivity contribution in [2.24, 2.45) is 5.73 Å². The van der Waals surface area contributed by atoms with Crippen LogP contribution in [0.2, 0.25) is 5.02 Å². The quantitative estimate of drug-likeness (QED) is 0.647. The Morgan fingerprint density at radius 1 is 1.50 bits per heavy atom. The third-order valence-electron chi connectivity index (χ3n) is 2.15. The number of hydrogen-bond donors (Lipinski definition) is 3. The number of primary amides is 1. The molecular weight excluding hydrogens is 228 g/mol. The number of carbonyl (C=O) groups is 1. The molecule has 0 aliphatic heterocycles. The summed E-state index contributed by atoms with van der Waals surface area (Å²) in [5.41, 5.74) is 5.66. The second-order valence-electron chi connectivity index (χ2n) is 3.46. The maximum absolute atomic E-state index is 10.5. The van der Waals surface area contributed by atoms with Gasteiger partial charge in [0.05, 0.1) is 6.10 Å². The summed E-state index contributed by atoms with van der Waals surface area (Å²) >= 11 is 5.92. The molecule has 5 heteroatoms. The van der Waals surface area contributed by atoms with Gasteiger partial charge in [-0.1, -0.05) is 29.8 Å². The minimum atomic E-state index is -0.679. The molecule has 1 unspecified atom stereocenters. The molecule has 1 aromatic carbocycles. The molecule has 0 aliphatic carbocycles. The van der Waals surface area contributed by atoms with Crippen LogP contribution in [-0.2, 0) is 4.79 Å². The van der Waals surface area contributed by atoms with Crippen molar-refractivity contribution in [2.75, 3.05) is 13.1 Å². The molecular formula is C11H15ClN2O2. The highest BCUT2D eigenvalue weighted by molar-refractivity contribution is 6.31. The molecule has 0 saturated carbocycles. The monoisotopic (exact) mass is 242 g/mol. The van der Waals surface area contributed by atoms with Gasteiger partial charge in [0.1, 0.15) is 0 Å². The third kappa shape index (κ3) is 4.18. The van der Waals surface area contributed by atoms with Gasteiger partial charge in [-0.25, -0.2) is 0 Å². The Bertz CT molecular complexity index is 358. The van der Waals surface area contributed by atoms with Gasteiger partial charge in [0.15, 0.2) is 0 Å². The topological polar surface area (TPSA) is 75.4 Å². The van der Waals surface area contributed by atoms with Crippen molar-refractivity contribution in [3.05, 3.63) is 34.9 Å². The van der Waals surface area contributed by atoms with Crippen LogP contribution in [0.1, 0.15) is 18.1 Å². The summed E-state index contributed by atoms with van der Waals surface area (Å²) in [5, 5.41) is 13.3. The van der Waals surface area contributed by atoms with Crippen LogP contribution in [0.4, 0.5) is 0 Å². The zero-order valence-electron chi connectivity index (χ0n) is 8.82. The molecule has 0 radical (unpaired) electrons. The molecule has 0 spiro atoms.